The van der Waals surface area contributed by atoms with Crippen LogP contribution in [0.25, 0.3) is 0 Å². The summed E-state index contributed by atoms with van der Waals surface area (Å²) in [4.78, 5) is 64.0. The lowest BCUT2D eigenvalue weighted by Gasteiger charge is -2.70. The number of ketones is 1. The van der Waals surface area contributed by atoms with Crippen LogP contribution in [0.2, 0.25) is 0 Å². The molecule has 0 radical (unpaired) electrons. The Labute approximate surface area is 326 Å². The fourth-order valence-electron chi connectivity index (χ4n) is 13.0. The van der Waals surface area contributed by atoms with Crippen LogP contribution in [0.3, 0.4) is 0 Å². The normalized spacial score (nSPS) is 46.0. The predicted octanol–water partition coefficient (Wildman–Crippen LogP) is 6.04. The molecule has 1 heterocycles. The number of aliphatic hydroxyl groups is 1. The van der Waals surface area contributed by atoms with Gasteiger partial charge in [-0.25, -0.2) is 0 Å². The molecule has 0 bridgehead atoms. The van der Waals surface area contributed by atoms with Crippen LogP contribution in [0.4, 0.5) is 0 Å². The van der Waals surface area contributed by atoms with Crippen molar-refractivity contribution >= 4 is 29.7 Å². The van der Waals surface area contributed by atoms with Gasteiger partial charge in [0, 0.05) is 26.7 Å². The second-order valence-electron chi connectivity index (χ2n) is 19.7. The van der Waals surface area contributed by atoms with Crippen LogP contribution in [0, 0.1) is 50.2 Å². The molecule has 0 spiro atoms. The second kappa shape index (κ2) is 14.2. The van der Waals surface area contributed by atoms with E-state index >= 15 is 0 Å². The number of fused-ring (bicyclic) bond motifs is 7. The summed E-state index contributed by atoms with van der Waals surface area (Å²) in [6.07, 6.45) is 2.62. The van der Waals surface area contributed by atoms with Crippen LogP contribution in [0.5, 0.6) is 0 Å². The van der Waals surface area contributed by atoms with Crippen LogP contribution in [-0.2, 0) is 52.4 Å². The van der Waals surface area contributed by atoms with Crippen LogP contribution in [-0.4, -0.2) is 85.3 Å². The Morgan fingerprint density at radius 3 is 2.09 bits per heavy atom. The summed E-state index contributed by atoms with van der Waals surface area (Å²) >= 11 is 0. The summed E-state index contributed by atoms with van der Waals surface area (Å²) in [5, 5.41) is 11.6. The first-order chi connectivity index (χ1) is 25.5. The van der Waals surface area contributed by atoms with Crippen molar-refractivity contribution in [2.45, 2.75) is 164 Å². The lowest BCUT2D eigenvalue weighted by atomic mass is 9.33. The number of ether oxygens (including phenoxy) is 6. The Balaban J connectivity index is 1.29. The second-order valence-corrected chi connectivity index (χ2v) is 19.7. The van der Waals surface area contributed by atoms with E-state index in [0.29, 0.717) is 19.3 Å². The lowest BCUT2D eigenvalue weighted by Crippen LogP contribution is -2.67. The number of hydrogen-bond donors (Lipinski definition) is 1. The highest BCUT2D eigenvalue weighted by Gasteiger charge is 2.70. The van der Waals surface area contributed by atoms with E-state index in [4.69, 9.17) is 28.4 Å². The maximum absolute atomic E-state index is 14.9. The minimum absolute atomic E-state index is 0.0243. The van der Waals surface area contributed by atoms with Crippen molar-refractivity contribution in [2.75, 3.05) is 13.7 Å². The Bertz CT molecular complexity index is 1620. The van der Waals surface area contributed by atoms with Crippen molar-refractivity contribution in [1.82, 2.24) is 0 Å². The topological polar surface area (TPSA) is 161 Å². The van der Waals surface area contributed by atoms with E-state index < -0.39 is 65.5 Å². The van der Waals surface area contributed by atoms with Gasteiger partial charge in [-0.05, 0) is 110 Å². The first-order valence-electron chi connectivity index (χ1n) is 20.3. The average molecular weight is 773 g/mol. The number of esters is 4. The van der Waals surface area contributed by atoms with Crippen LogP contribution < -0.4 is 0 Å². The highest BCUT2D eigenvalue weighted by Crippen LogP contribution is 2.75. The van der Waals surface area contributed by atoms with Crippen molar-refractivity contribution < 1.29 is 57.5 Å². The molecular formula is C43H64O12. The van der Waals surface area contributed by atoms with Crippen LogP contribution in [0.1, 0.15) is 127 Å². The molecule has 1 aliphatic heterocycles. The number of carbonyl (C=O) groups is 5. The summed E-state index contributed by atoms with van der Waals surface area (Å²) in [6, 6.07) is 0. The van der Waals surface area contributed by atoms with Gasteiger partial charge in [-0.1, -0.05) is 47.1 Å². The Hall–Kier alpha value is -2.83. The fraction of sp³-hybridized carbons (Fsp3) is 0.837. The first-order valence-corrected chi connectivity index (χ1v) is 20.3. The molecule has 14 atom stereocenters. The third-order valence-electron chi connectivity index (χ3n) is 16.2. The number of aliphatic hydroxyl groups excluding tert-OH is 1. The van der Waals surface area contributed by atoms with Crippen molar-refractivity contribution in [1.29, 1.82) is 0 Å². The highest BCUT2D eigenvalue weighted by molar-refractivity contribution is 5.95. The number of hydrogen-bond acceptors (Lipinski definition) is 12. The highest BCUT2D eigenvalue weighted by atomic mass is 16.7. The van der Waals surface area contributed by atoms with Gasteiger partial charge in [0.1, 0.15) is 18.8 Å². The van der Waals surface area contributed by atoms with E-state index in [-0.39, 0.29) is 57.8 Å². The smallest absolute Gasteiger partial charge is 0.311 e. The third kappa shape index (κ3) is 6.67. The largest absolute Gasteiger partial charge is 0.469 e. The zero-order valence-electron chi connectivity index (χ0n) is 34.8. The molecule has 5 aliphatic carbocycles. The standard InChI is InChI=1S/C43H64O12/c1-23(44)51-22-29-33(52-24(2)45)34(53-25(3)46)32(48)36(54-29)55-31-13-14-41(8)30(38(31,4)5)12-15-43(10)35(41)28(47)20-26-27-21-40(7,37(49)50-11)17-16-39(27,6)18-19-42(26,43)9/h20,27,29-36,48H,12-19,21-22H2,1-11H3/t27?,29-,30?,31?,32-,33+,34-,35?,36+,39-,40+,41+,42-,43-/m1/s1. The van der Waals surface area contributed by atoms with Gasteiger partial charge >= 0.3 is 23.9 Å². The molecule has 6 rings (SSSR count). The molecule has 12 heteroatoms. The lowest BCUT2D eigenvalue weighted by molar-refractivity contribution is -0.331. The molecule has 4 unspecified atom stereocenters. The molecule has 0 aromatic carbocycles. The molecule has 4 saturated carbocycles. The molecule has 55 heavy (non-hydrogen) atoms. The van der Waals surface area contributed by atoms with Gasteiger partial charge in [-0.15, -0.1) is 0 Å². The monoisotopic (exact) mass is 772 g/mol. The van der Waals surface area contributed by atoms with Crippen molar-refractivity contribution in [3.63, 3.8) is 0 Å². The maximum Gasteiger partial charge on any atom is 0.311 e. The van der Waals surface area contributed by atoms with Crippen molar-refractivity contribution in [2.24, 2.45) is 50.2 Å². The molecule has 0 amide bonds. The summed E-state index contributed by atoms with van der Waals surface area (Å²) < 4.78 is 34.4. The number of allylic oxidation sites excluding steroid dienone is 2. The SMILES string of the molecule is COC(=O)[C@@]1(C)CC[C@]2(C)CC[C@]3(C)C(=CC(=O)C4[C@@]5(C)CCC(O[C@@H]6O[C@H](COC(C)=O)[C@H](OC(C)=O)[C@H](OC(C)=O)[C@H]6O)C(C)(C)C5CC[C@]43C)C2C1. The van der Waals surface area contributed by atoms with E-state index in [2.05, 4.69) is 41.5 Å². The zero-order chi connectivity index (χ0) is 40.7. The Kier molecular flexibility index (Phi) is 10.8. The van der Waals surface area contributed by atoms with Crippen LogP contribution >= 0.6 is 0 Å². The molecule has 308 valence electrons. The fourth-order valence-corrected chi connectivity index (χ4v) is 13.0. The predicted molar refractivity (Wildman–Crippen MR) is 199 cm³/mol. The summed E-state index contributed by atoms with van der Waals surface area (Å²) in [7, 11) is 1.47. The molecule has 1 N–H and O–H groups in total. The quantitative estimate of drug-likeness (QED) is 0.182. The molecule has 1 saturated heterocycles. The first kappa shape index (κ1) is 41.8. The summed E-state index contributed by atoms with van der Waals surface area (Å²) in [6.45, 7) is 19.1. The zero-order valence-corrected chi connectivity index (χ0v) is 34.8. The third-order valence-corrected chi connectivity index (χ3v) is 16.2. The molecule has 5 fully saturated rings. The molecule has 0 aromatic heterocycles. The molecule has 12 nitrogen and oxygen atoms in total. The molecular weight excluding hydrogens is 708 g/mol. The number of rotatable bonds is 7. The van der Waals surface area contributed by atoms with E-state index in [9.17, 15) is 29.1 Å². The van der Waals surface area contributed by atoms with E-state index in [0.717, 1.165) is 38.5 Å². The van der Waals surface area contributed by atoms with Crippen molar-refractivity contribution in [3.8, 4) is 0 Å². The van der Waals surface area contributed by atoms with Crippen LogP contribution in [0.15, 0.2) is 11.6 Å². The van der Waals surface area contributed by atoms with Gasteiger partial charge < -0.3 is 33.5 Å². The molecule has 0 aromatic rings. The van der Waals surface area contributed by atoms with Gasteiger partial charge in [0.2, 0.25) is 0 Å². The van der Waals surface area contributed by atoms with Gasteiger partial charge in [-0.2, -0.15) is 0 Å². The number of carbonyl (C=O) groups excluding carboxylic acids is 5. The van der Waals surface area contributed by atoms with Gasteiger partial charge in [0.25, 0.3) is 0 Å². The molecule has 6 aliphatic rings. The number of methoxy groups -OCH3 is 1. The van der Waals surface area contributed by atoms with E-state index in [1.54, 1.807) is 0 Å². The average Bonchev–Trinajstić information content (AvgIpc) is 3.08. The van der Waals surface area contributed by atoms with Gasteiger partial charge in [0.05, 0.1) is 18.6 Å². The van der Waals surface area contributed by atoms with E-state index in [1.165, 1.54) is 33.5 Å². The van der Waals surface area contributed by atoms with Crippen molar-refractivity contribution in [3.05, 3.63) is 11.6 Å². The summed E-state index contributed by atoms with van der Waals surface area (Å²) in [5.74, 6) is -1.94. The Morgan fingerprint density at radius 1 is 0.836 bits per heavy atom. The minimum Gasteiger partial charge on any atom is -0.469 e. The Morgan fingerprint density at radius 2 is 1.47 bits per heavy atom. The summed E-state index contributed by atoms with van der Waals surface area (Å²) in [5.41, 5.74) is -0.655. The maximum atomic E-state index is 14.9. The van der Waals surface area contributed by atoms with E-state index in [1.807, 2.05) is 13.0 Å². The van der Waals surface area contributed by atoms with Gasteiger partial charge in [-0.3, -0.25) is 24.0 Å². The van der Waals surface area contributed by atoms with Gasteiger partial charge in [0.15, 0.2) is 24.3 Å². The minimum atomic E-state index is -1.51.